The second-order valence-electron chi connectivity index (χ2n) is 4.30. The zero-order chi connectivity index (χ0) is 13.0. The molecule has 0 unspecified atom stereocenters. The number of benzene rings is 1. The van der Waals surface area contributed by atoms with E-state index in [9.17, 15) is 4.79 Å². The molecular formula is C13H14Br2O3. The molecule has 0 atom stereocenters. The molecule has 0 N–H and O–H groups in total. The van der Waals surface area contributed by atoms with E-state index < -0.39 is 0 Å². The van der Waals surface area contributed by atoms with Crippen LogP contribution in [0.25, 0.3) is 0 Å². The fourth-order valence-electron chi connectivity index (χ4n) is 1.90. The summed E-state index contributed by atoms with van der Waals surface area (Å²) < 4.78 is 12.8. The van der Waals surface area contributed by atoms with Gasteiger partial charge in [0.1, 0.15) is 12.0 Å². The summed E-state index contributed by atoms with van der Waals surface area (Å²) in [5.41, 5.74) is 0.618. The van der Waals surface area contributed by atoms with E-state index in [1.165, 1.54) is 0 Å². The van der Waals surface area contributed by atoms with Gasteiger partial charge in [0.2, 0.25) is 0 Å². The Morgan fingerprint density at radius 1 is 1.28 bits per heavy atom. The van der Waals surface area contributed by atoms with Crippen molar-refractivity contribution >= 4 is 38.1 Å². The van der Waals surface area contributed by atoms with E-state index in [0.29, 0.717) is 18.1 Å². The molecule has 98 valence electrons. The van der Waals surface area contributed by atoms with Gasteiger partial charge in [0.15, 0.2) is 0 Å². The molecule has 1 aliphatic rings. The highest BCUT2D eigenvalue weighted by Gasteiger charge is 2.16. The van der Waals surface area contributed by atoms with Crippen LogP contribution in [0.3, 0.4) is 0 Å². The maximum absolute atomic E-state index is 10.7. The summed E-state index contributed by atoms with van der Waals surface area (Å²) in [6.07, 6.45) is 2.90. The number of aldehydes is 1. The minimum absolute atomic E-state index is 0.545. The van der Waals surface area contributed by atoms with Gasteiger partial charge in [0.25, 0.3) is 0 Å². The summed E-state index contributed by atoms with van der Waals surface area (Å²) in [5.74, 6) is 1.30. The van der Waals surface area contributed by atoms with Gasteiger partial charge in [-0.15, -0.1) is 0 Å². The number of rotatable bonds is 4. The minimum Gasteiger partial charge on any atom is -0.491 e. The summed E-state index contributed by atoms with van der Waals surface area (Å²) >= 11 is 6.85. The van der Waals surface area contributed by atoms with Crippen molar-refractivity contribution in [3.05, 3.63) is 26.6 Å². The van der Waals surface area contributed by atoms with Gasteiger partial charge in [-0.05, 0) is 62.8 Å². The molecule has 1 aromatic rings. The van der Waals surface area contributed by atoms with Crippen molar-refractivity contribution in [3.63, 3.8) is 0 Å². The number of halogens is 2. The van der Waals surface area contributed by atoms with Crippen molar-refractivity contribution in [1.82, 2.24) is 0 Å². The summed E-state index contributed by atoms with van der Waals surface area (Å²) in [5, 5.41) is 0. The van der Waals surface area contributed by atoms with Crippen LogP contribution in [-0.4, -0.2) is 26.1 Å². The average molecular weight is 378 g/mol. The van der Waals surface area contributed by atoms with Crippen LogP contribution in [0.1, 0.15) is 23.2 Å². The lowest BCUT2D eigenvalue weighted by Gasteiger charge is -2.22. The zero-order valence-electron chi connectivity index (χ0n) is 9.83. The first-order chi connectivity index (χ1) is 8.70. The molecule has 1 saturated heterocycles. The highest BCUT2D eigenvalue weighted by Crippen LogP contribution is 2.35. The number of hydrogen-bond acceptors (Lipinski definition) is 3. The van der Waals surface area contributed by atoms with Crippen LogP contribution in [0.2, 0.25) is 0 Å². The van der Waals surface area contributed by atoms with Crippen molar-refractivity contribution in [1.29, 1.82) is 0 Å². The summed E-state index contributed by atoms with van der Waals surface area (Å²) in [4.78, 5) is 10.7. The Morgan fingerprint density at radius 2 is 1.89 bits per heavy atom. The van der Waals surface area contributed by atoms with E-state index in [0.717, 1.165) is 47.0 Å². The van der Waals surface area contributed by atoms with Crippen LogP contribution in [0.5, 0.6) is 5.75 Å². The van der Waals surface area contributed by atoms with Gasteiger partial charge >= 0.3 is 0 Å². The monoisotopic (exact) mass is 376 g/mol. The van der Waals surface area contributed by atoms with E-state index in [-0.39, 0.29) is 0 Å². The van der Waals surface area contributed by atoms with E-state index in [4.69, 9.17) is 9.47 Å². The van der Waals surface area contributed by atoms with Gasteiger partial charge < -0.3 is 9.47 Å². The third-order valence-electron chi connectivity index (χ3n) is 2.96. The quantitative estimate of drug-likeness (QED) is 0.748. The molecule has 1 heterocycles. The second kappa shape index (κ2) is 6.68. The Labute approximate surface area is 123 Å². The van der Waals surface area contributed by atoms with Crippen LogP contribution in [0, 0.1) is 5.92 Å². The topological polar surface area (TPSA) is 35.5 Å². The maximum Gasteiger partial charge on any atom is 0.150 e. The molecule has 0 saturated carbocycles. The van der Waals surface area contributed by atoms with E-state index >= 15 is 0 Å². The molecule has 1 aromatic carbocycles. The van der Waals surface area contributed by atoms with Gasteiger partial charge in [0.05, 0.1) is 15.6 Å². The molecular weight excluding hydrogens is 364 g/mol. The molecule has 1 fully saturated rings. The molecule has 0 aromatic heterocycles. The maximum atomic E-state index is 10.7. The SMILES string of the molecule is O=Cc1cc(Br)c(OCC2CCOCC2)c(Br)c1. The van der Waals surface area contributed by atoms with Crippen LogP contribution in [0.4, 0.5) is 0 Å². The normalized spacial score (nSPS) is 16.6. The lowest BCUT2D eigenvalue weighted by molar-refractivity contribution is 0.0495. The number of hydrogen-bond donors (Lipinski definition) is 0. The molecule has 0 radical (unpaired) electrons. The molecule has 2 rings (SSSR count). The molecule has 0 spiro atoms. The van der Waals surface area contributed by atoms with Gasteiger partial charge in [-0.1, -0.05) is 0 Å². The van der Waals surface area contributed by atoms with Crippen LogP contribution >= 0.6 is 31.9 Å². The van der Waals surface area contributed by atoms with Gasteiger partial charge in [-0.3, -0.25) is 4.79 Å². The van der Waals surface area contributed by atoms with Crippen molar-refractivity contribution in [2.24, 2.45) is 5.92 Å². The lowest BCUT2D eigenvalue weighted by Crippen LogP contribution is -2.21. The van der Waals surface area contributed by atoms with Crippen molar-refractivity contribution in [3.8, 4) is 5.75 Å². The Bertz CT molecular complexity index is 405. The molecule has 5 heteroatoms. The fraction of sp³-hybridized carbons (Fsp3) is 0.462. The predicted octanol–water partition coefficient (Wildman–Crippen LogP) is 3.83. The highest BCUT2D eigenvalue weighted by atomic mass is 79.9. The van der Waals surface area contributed by atoms with Gasteiger partial charge in [-0.2, -0.15) is 0 Å². The van der Waals surface area contributed by atoms with Crippen LogP contribution in [-0.2, 0) is 4.74 Å². The molecule has 18 heavy (non-hydrogen) atoms. The smallest absolute Gasteiger partial charge is 0.150 e. The van der Waals surface area contributed by atoms with E-state index in [1.54, 1.807) is 12.1 Å². The molecule has 0 bridgehead atoms. The van der Waals surface area contributed by atoms with Crippen molar-refractivity contribution < 1.29 is 14.3 Å². The zero-order valence-corrected chi connectivity index (χ0v) is 13.0. The highest BCUT2D eigenvalue weighted by molar-refractivity contribution is 9.11. The van der Waals surface area contributed by atoms with E-state index in [2.05, 4.69) is 31.9 Å². The molecule has 0 aliphatic carbocycles. The number of carbonyl (C=O) groups excluding carboxylic acids is 1. The largest absolute Gasteiger partial charge is 0.491 e. The Morgan fingerprint density at radius 3 is 2.44 bits per heavy atom. The van der Waals surface area contributed by atoms with Crippen molar-refractivity contribution in [2.75, 3.05) is 19.8 Å². The first kappa shape index (κ1) is 14.0. The summed E-state index contributed by atoms with van der Waals surface area (Å²) in [6.45, 7) is 2.32. The fourth-order valence-corrected chi connectivity index (χ4v) is 3.35. The molecule has 0 amide bonds. The second-order valence-corrected chi connectivity index (χ2v) is 6.01. The molecule has 3 nitrogen and oxygen atoms in total. The van der Waals surface area contributed by atoms with Gasteiger partial charge in [-0.25, -0.2) is 0 Å². The molecule has 1 aliphatic heterocycles. The first-order valence-corrected chi connectivity index (χ1v) is 7.44. The van der Waals surface area contributed by atoms with E-state index in [1.807, 2.05) is 0 Å². The number of carbonyl (C=O) groups is 1. The first-order valence-electron chi connectivity index (χ1n) is 5.85. The Kier molecular flexibility index (Phi) is 5.21. The standard InChI is InChI=1S/C13H14Br2O3/c14-11-5-10(7-16)6-12(15)13(11)18-8-9-1-3-17-4-2-9/h5-7,9H,1-4,8H2. The van der Waals surface area contributed by atoms with Crippen molar-refractivity contribution in [2.45, 2.75) is 12.8 Å². The summed E-state index contributed by atoms with van der Waals surface area (Å²) in [7, 11) is 0. The van der Waals surface area contributed by atoms with Crippen LogP contribution in [0.15, 0.2) is 21.1 Å². The Balaban J connectivity index is 2.02. The third-order valence-corrected chi connectivity index (χ3v) is 4.14. The third kappa shape index (κ3) is 3.56. The van der Waals surface area contributed by atoms with Gasteiger partial charge in [0, 0.05) is 18.8 Å². The number of ether oxygens (including phenoxy) is 2. The average Bonchev–Trinajstić information content (AvgIpc) is 2.38. The predicted molar refractivity (Wildman–Crippen MR) is 76.3 cm³/mol. The van der Waals surface area contributed by atoms with Crippen LogP contribution < -0.4 is 4.74 Å². The minimum atomic E-state index is 0.545. The Hall–Kier alpha value is -0.390. The summed E-state index contributed by atoms with van der Waals surface area (Å²) in [6, 6.07) is 3.52. The lowest BCUT2D eigenvalue weighted by atomic mass is 10.0.